The van der Waals surface area contributed by atoms with Gasteiger partial charge in [0, 0.05) is 9.79 Å². The zero-order valence-electron chi connectivity index (χ0n) is 11.8. The molecule has 0 aliphatic rings. The summed E-state index contributed by atoms with van der Waals surface area (Å²) < 4.78 is 5.36. The lowest BCUT2D eigenvalue weighted by Crippen LogP contribution is -2.07. The van der Waals surface area contributed by atoms with E-state index in [0.29, 0.717) is 11.3 Å². The third-order valence-corrected chi connectivity index (χ3v) is 4.04. The molecule has 0 aliphatic carbocycles. The van der Waals surface area contributed by atoms with Crippen LogP contribution in [-0.2, 0) is 0 Å². The molecule has 0 saturated heterocycles. The summed E-state index contributed by atoms with van der Waals surface area (Å²) >= 11 is 1.67. The zero-order valence-corrected chi connectivity index (χ0v) is 12.6. The molecule has 0 spiro atoms. The smallest absolute Gasteiger partial charge is 0.343 e. The van der Waals surface area contributed by atoms with Crippen molar-refractivity contribution in [1.82, 2.24) is 0 Å². The molecular weight excluding hydrogens is 292 g/mol. The molecule has 3 aromatic carbocycles. The third kappa shape index (κ3) is 3.77. The molecule has 2 nitrogen and oxygen atoms in total. The standard InChI is InChI=1S/C19H14O2S/c20-19(15-7-3-1-4-8-15)21-16-11-13-18(14-12-16)22-17-9-5-2-6-10-17/h1-14H. The van der Waals surface area contributed by atoms with Gasteiger partial charge >= 0.3 is 5.97 Å². The number of esters is 1. The van der Waals surface area contributed by atoms with Gasteiger partial charge in [-0.2, -0.15) is 0 Å². The van der Waals surface area contributed by atoms with E-state index in [2.05, 4.69) is 12.1 Å². The Balaban J connectivity index is 1.66. The van der Waals surface area contributed by atoms with Crippen molar-refractivity contribution in [2.45, 2.75) is 9.79 Å². The van der Waals surface area contributed by atoms with Crippen LogP contribution in [0.2, 0.25) is 0 Å². The van der Waals surface area contributed by atoms with E-state index in [1.807, 2.05) is 60.7 Å². The number of rotatable bonds is 4. The van der Waals surface area contributed by atoms with Gasteiger partial charge in [-0.1, -0.05) is 48.2 Å². The minimum absolute atomic E-state index is 0.343. The van der Waals surface area contributed by atoms with Crippen LogP contribution in [0.5, 0.6) is 5.75 Å². The predicted octanol–water partition coefficient (Wildman–Crippen LogP) is 5.06. The first-order valence-electron chi connectivity index (χ1n) is 6.91. The topological polar surface area (TPSA) is 26.3 Å². The first-order chi connectivity index (χ1) is 10.8. The summed E-state index contributed by atoms with van der Waals surface area (Å²) in [6.45, 7) is 0. The molecule has 3 heteroatoms. The highest BCUT2D eigenvalue weighted by Crippen LogP contribution is 2.28. The molecule has 0 aliphatic heterocycles. The maximum Gasteiger partial charge on any atom is 0.343 e. The van der Waals surface area contributed by atoms with Crippen molar-refractivity contribution >= 4 is 17.7 Å². The van der Waals surface area contributed by atoms with Gasteiger partial charge in [0.25, 0.3) is 0 Å². The lowest BCUT2D eigenvalue weighted by molar-refractivity contribution is 0.0734. The Hall–Kier alpha value is -2.52. The van der Waals surface area contributed by atoms with E-state index in [-0.39, 0.29) is 5.97 Å². The second-order valence-corrected chi connectivity index (χ2v) is 5.79. The molecular formula is C19H14O2S. The van der Waals surface area contributed by atoms with Gasteiger partial charge in [-0.05, 0) is 48.5 Å². The summed E-state index contributed by atoms with van der Waals surface area (Å²) in [7, 11) is 0. The van der Waals surface area contributed by atoms with Crippen LogP contribution in [0.1, 0.15) is 10.4 Å². The van der Waals surface area contributed by atoms with Gasteiger partial charge in [-0.3, -0.25) is 0 Å². The lowest BCUT2D eigenvalue weighted by atomic mass is 10.2. The molecule has 0 radical (unpaired) electrons. The van der Waals surface area contributed by atoms with Crippen molar-refractivity contribution in [3.05, 3.63) is 90.5 Å². The molecule has 0 saturated carbocycles. The van der Waals surface area contributed by atoms with E-state index in [1.54, 1.807) is 23.9 Å². The average Bonchev–Trinajstić information content (AvgIpc) is 2.58. The Morgan fingerprint density at radius 2 is 1.23 bits per heavy atom. The van der Waals surface area contributed by atoms with E-state index in [1.165, 1.54) is 4.90 Å². The molecule has 22 heavy (non-hydrogen) atoms. The SMILES string of the molecule is O=C(Oc1ccc(Sc2ccccc2)cc1)c1ccccc1. The summed E-state index contributed by atoms with van der Waals surface area (Å²) in [6, 6.07) is 26.6. The van der Waals surface area contributed by atoms with Crippen LogP contribution >= 0.6 is 11.8 Å². The van der Waals surface area contributed by atoms with Gasteiger partial charge in [-0.15, -0.1) is 0 Å². The number of carbonyl (C=O) groups is 1. The van der Waals surface area contributed by atoms with Crippen LogP contribution in [0.4, 0.5) is 0 Å². The predicted molar refractivity (Wildman–Crippen MR) is 88.4 cm³/mol. The van der Waals surface area contributed by atoms with Crippen molar-refractivity contribution in [1.29, 1.82) is 0 Å². The minimum Gasteiger partial charge on any atom is -0.423 e. The van der Waals surface area contributed by atoms with Crippen LogP contribution in [-0.4, -0.2) is 5.97 Å². The second kappa shape index (κ2) is 6.96. The first kappa shape index (κ1) is 14.4. The van der Waals surface area contributed by atoms with Crippen LogP contribution < -0.4 is 4.74 Å². The highest BCUT2D eigenvalue weighted by Gasteiger charge is 2.07. The Kier molecular flexibility index (Phi) is 4.56. The number of carbonyl (C=O) groups excluding carboxylic acids is 1. The Morgan fingerprint density at radius 1 is 0.682 bits per heavy atom. The van der Waals surface area contributed by atoms with Crippen molar-refractivity contribution in [2.24, 2.45) is 0 Å². The van der Waals surface area contributed by atoms with Crippen molar-refractivity contribution < 1.29 is 9.53 Å². The fourth-order valence-electron chi connectivity index (χ4n) is 1.94. The number of ether oxygens (including phenoxy) is 1. The molecule has 108 valence electrons. The summed E-state index contributed by atoms with van der Waals surface area (Å²) in [5, 5.41) is 0. The minimum atomic E-state index is -0.343. The molecule has 0 unspecified atom stereocenters. The summed E-state index contributed by atoms with van der Waals surface area (Å²) in [4.78, 5) is 14.2. The maximum absolute atomic E-state index is 12.0. The van der Waals surface area contributed by atoms with Gasteiger partial charge < -0.3 is 4.74 Å². The number of hydrogen-bond donors (Lipinski definition) is 0. The molecule has 0 heterocycles. The zero-order chi connectivity index (χ0) is 15.2. The van der Waals surface area contributed by atoms with Crippen molar-refractivity contribution in [2.75, 3.05) is 0 Å². The van der Waals surface area contributed by atoms with Crippen LogP contribution in [0.25, 0.3) is 0 Å². The summed E-state index contributed by atoms with van der Waals surface area (Å²) in [5.74, 6) is 0.204. The largest absolute Gasteiger partial charge is 0.423 e. The molecule has 0 amide bonds. The summed E-state index contributed by atoms with van der Waals surface area (Å²) in [5.41, 5.74) is 0.547. The van der Waals surface area contributed by atoms with Gasteiger partial charge in [0.05, 0.1) is 5.56 Å². The fraction of sp³-hybridized carbons (Fsp3) is 0. The molecule has 0 atom stereocenters. The van der Waals surface area contributed by atoms with Gasteiger partial charge in [0.2, 0.25) is 0 Å². The lowest BCUT2D eigenvalue weighted by Gasteiger charge is -2.06. The first-order valence-corrected chi connectivity index (χ1v) is 7.73. The Labute approximate surface area is 133 Å². The van der Waals surface area contributed by atoms with E-state index >= 15 is 0 Å². The van der Waals surface area contributed by atoms with Gasteiger partial charge in [-0.25, -0.2) is 4.79 Å². The van der Waals surface area contributed by atoms with Crippen LogP contribution in [0, 0.1) is 0 Å². The molecule has 0 bridgehead atoms. The maximum atomic E-state index is 12.0. The van der Waals surface area contributed by atoms with Gasteiger partial charge in [0.15, 0.2) is 0 Å². The van der Waals surface area contributed by atoms with Crippen molar-refractivity contribution in [3.8, 4) is 5.75 Å². The van der Waals surface area contributed by atoms with Crippen LogP contribution in [0.3, 0.4) is 0 Å². The fourth-order valence-corrected chi connectivity index (χ4v) is 2.78. The van der Waals surface area contributed by atoms with Crippen molar-refractivity contribution in [3.63, 3.8) is 0 Å². The molecule has 3 rings (SSSR count). The molecule has 0 N–H and O–H groups in total. The highest BCUT2D eigenvalue weighted by molar-refractivity contribution is 7.99. The second-order valence-electron chi connectivity index (χ2n) is 4.64. The Morgan fingerprint density at radius 3 is 1.86 bits per heavy atom. The monoisotopic (exact) mass is 306 g/mol. The highest BCUT2D eigenvalue weighted by atomic mass is 32.2. The molecule has 0 aromatic heterocycles. The Bertz CT molecular complexity index is 737. The van der Waals surface area contributed by atoms with Crippen LogP contribution in [0.15, 0.2) is 94.7 Å². The summed E-state index contributed by atoms with van der Waals surface area (Å²) in [6.07, 6.45) is 0. The van der Waals surface area contributed by atoms with E-state index in [9.17, 15) is 4.79 Å². The van der Waals surface area contributed by atoms with E-state index < -0.39 is 0 Å². The number of hydrogen-bond acceptors (Lipinski definition) is 3. The van der Waals surface area contributed by atoms with E-state index in [4.69, 9.17) is 4.74 Å². The molecule has 0 fully saturated rings. The normalized spacial score (nSPS) is 10.2. The van der Waals surface area contributed by atoms with Gasteiger partial charge in [0.1, 0.15) is 5.75 Å². The molecule has 3 aromatic rings. The quantitative estimate of drug-likeness (QED) is 0.498. The number of benzene rings is 3. The average molecular weight is 306 g/mol. The van der Waals surface area contributed by atoms with E-state index in [0.717, 1.165) is 4.90 Å². The third-order valence-electron chi connectivity index (χ3n) is 3.02.